The van der Waals surface area contributed by atoms with Gasteiger partial charge in [0.15, 0.2) is 0 Å². The lowest BCUT2D eigenvalue weighted by Gasteiger charge is -2.06. The zero-order valence-electron chi connectivity index (χ0n) is 8.97. The summed E-state index contributed by atoms with van der Waals surface area (Å²) in [7, 11) is 1.98. The summed E-state index contributed by atoms with van der Waals surface area (Å²) in [6.07, 6.45) is 6.12. The van der Waals surface area contributed by atoms with Crippen molar-refractivity contribution in [1.82, 2.24) is 14.9 Å². The minimum Gasteiger partial charge on any atom is -0.347 e. The average molecular weight is 221 g/mol. The SMILES string of the molecule is CNC(C)c1ccn(Cc2nccs2)c1. The summed E-state index contributed by atoms with van der Waals surface area (Å²) in [4.78, 5) is 4.27. The van der Waals surface area contributed by atoms with Gasteiger partial charge in [0.1, 0.15) is 5.01 Å². The van der Waals surface area contributed by atoms with Gasteiger partial charge in [0.05, 0.1) is 6.54 Å². The number of nitrogens with one attached hydrogen (secondary N) is 1. The van der Waals surface area contributed by atoms with Crippen LogP contribution in [0, 0.1) is 0 Å². The van der Waals surface area contributed by atoms with Crippen LogP contribution < -0.4 is 5.32 Å². The number of hydrogen-bond acceptors (Lipinski definition) is 3. The molecule has 1 atom stereocenters. The fourth-order valence-electron chi connectivity index (χ4n) is 1.47. The van der Waals surface area contributed by atoms with Gasteiger partial charge in [0.2, 0.25) is 0 Å². The van der Waals surface area contributed by atoms with Gasteiger partial charge in [-0.2, -0.15) is 0 Å². The van der Waals surface area contributed by atoms with Gasteiger partial charge in [0.25, 0.3) is 0 Å². The fourth-order valence-corrected chi connectivity index (χ4v) is 2.09. The van der Waals surface area contributed by atoms with Crippen molar-refractivity contribution in [2.45, 2.75) is 19.5 Å². The van der Waals surface area contributed by atoms with Gasteiger partial charge in [-0.25, -0.2) is 4.98 Å². The Bertz CT molecular complexity index is 405. The predicted molar refractivity (Wildman–Crippen MR) is 63.1 cm³/mol. The predicted octanol–water partition coefficient (Wildman–Crippen LogP) is 2.27. The lowest BCUT2D eigenvalue weighted by molar-refractivity contribution is 0.649. The molecule has 80 valence electrons. The van der Waals surface area contributed by atoms with E-state index >= 15 is 0 Å². The van der Waals surface area contributed by atoms with E-state index in [0.717, 1.165) is 11.6 Å². The molecule has 0 bridgehead atoms. The Balaban J connectivity index is 2.07. The summed E-state index contributed by atoms with van der Waals surface area (Å²) in [5.41, 5.74) is 1.31. The summed E-state index contributed by atoms with van der Waals surface area (Å²) in [5.74, 6) is 0. The first-order chi connectivity index (χ1) is 7.29. The summed E-state index contributed by atoms with van der Waals surface area (Å²) < 4.78 is 2.17. The molecule has 0 saturated heterocycles. The molecule has 15 heavy (non-hydrogen) atoms. The highest BCUT2D eigenvalue weighted by Crippen LogP contribution is 2.14. The smallest absolute Gasteiger partial charge is 0.112 e. The van der Waals surface area contributed by atoms with Crippen LogP contribution in [0.3, 0.4) is 0 Å². The van der Waals surface area contributed by atoms with E-state index in [0.29, 0.717) is 6.04 Å². The first kappa shape index (κ1) is 10.4. The van der Waals surface area contributed by atoms with Gasteiger partial charge in [0, 0.05) is 30.0 Å². The molecule has 0 aliphatic carbocycles. The highest BCUT2D eigenvalue weighted by Gasteiger charge is 2.04. The Labute approximate surface area is 93.8 Å². The first-order valence-corrected chi connectivity index (χ1v) is 5.89. The minimum atomic E-state index is 0.405. The van der Waals surface area contributed by atoms with Crippen molar-refractivity contribution < 1.29 is 0 Å². The minimum absolute atomic E-state index is 0.405. The lowest BCUT2D eigenvalue weighted by atomic mass is 10.2. The van der Waals surface area contributed by atoms with E-state index in [2.05, 4.69) is 40.3 Å². The van der Waals surface area contributed by atoms with Gasteiger partial charge in [-0.05, 0) is 25.6 Å². The molecule has 0 amide bonds. The van der Waals surface area contributed by atoms with E-state index in [-0.39, 0.29) is 0 Å². The van der Waals surface area contributed by atoms with Gasteiger partial charge in [-0.1, -0.05) is 0 Å². The van der Waals surface area contributed by atoms with Crippen LogP contribution in [0.2, 0.25) is 0 Å². The van der Waals surface area contributed by atoms with Crippen molar-refractivity contribution in [2.75, 3.05) is 7.05 Å². The fraction of sp³-hybridized carbons (Fsp3) is 0.364. The van der Waals surface area contributed by atoms with Crippen molar-refractivity contribution in [3.8, 4) is 0 Å². The molecule has 1 N–H and O–H groups in total. The number of hydrogen-bond donors (Lipinski definition) is 1. The molecule has 3 nitrogen and oxygen atoms in total. The molecule has 1 unspecified atom stereocenters. The molecule has 4 heteroatoms. The van der Waals surface area contributed by atoms with E-state index in [1.54, 1.807) is 11.3 Å². The monoisotopic (exact) mass is 221 g/mol. The number of aromatic nitrogens is 2. The Morgan fingerprint density at radius 2 is 2.47 bits per heavy atom. The van der Waals surface area contributed by atoms with Crippen LogP contribution in [-0.2, 0) is 6.54 Å². The summed E-state index contributed by atoms with van der Waals surface area (Å²) >= 11 is 1.69. The first-order valence-electron chi connectivity index (χ1n) is 5.01. The van der Waals surface area contributed by atoms with Crippen LogP contribution in [0.4, 0.5) is 0 Å². The Hall–Kier alpha value is -1.13. The van der Waals surface area contributed by atoms with Gasteiger partial charge in [-0.3, -0.25) is 0 Å². The van der Waals surface area contributed by atoms with E-state index < -0.39 is 0 Å². The van der Waals surface area contributed by atoms with Gasteiger partial charge < -0.3 is 9.88 Å². The molecule has 2 aromatic rings. The zero-order valence-corrected chi connectivity index (χ0v) is 9.79. The number of rotatable bonds is 4. The van der Waals surface area contributed by atoms with E-state index in [9.17, 15) is 0 Å². The maximum Gasteiger partial charge on any atom is 0.112 e. The Morgan fingerprint density at radius 1 is 1.60 bits per heavy atom. The maximum atomic E-state index is 4.27. The quantitative estimate of drug-likeness (QED) is 0.858. The standard InChI is InChI=1S/C11H15N3S/c1-9(12-2)10-3-5-14(7-10)8-11-13-4-6-15-11/h3-7,9,12H,8H2,1-2H3. The van der Waals surface area contributed by atoms with E-state index in [4.69, 9.17) is 0 Å². The highest BCUT2D eigenvalue weighted by molar-refractivity contribution is 7.09. The van der Waals surface area contributed by atoms with Gasteiger partial charge >= 0.3 is 0 Å². The number of nitrogens with zero attached hydrogens (tertiary/aromatic N) is 2. The lowest BCUT2D eigenvalue weighted by Crippen LogP contribution is -2.11. The maximum absolute atomic E-state index is 4.27. The summed E-state index contributed by atoms with van der Waals surface area (Å²) in [5, 5.41) is 6.38. The summed E-state index contributed by atoms with van der Waals surface area (Å²) in [6, 6.07) is 2.55. The third-order valence-corrected chi connectivity index (χ3v) is 3.27. The molecular formula is C11H15N3S. The molecular weight excluding hydrogens is 206 g/mol. The molecule has 0 saturated carbocycles. The molecule has 0 radical (unpaired) electrons. The summed E-state index contributed by atoms with van der Waals surface area (Å²) in [6.45, 7) is 3.02. The van der Waals surface area contributed by atoms with Crippen LogP contribution >= 0.6 is 11.3 Å². The Kier molecular flexibility index (Phi) is 3.18. The molecule has 0 aliphatic rings. The highest BCUT2D eigenvalue weighted by atomic mass is 32.1. The Morgan fingerprint density at radius 3 is 3.13 bits per heavy atom. The third-order valence-electron chi connectivity index (χ3n) is 2.51. The molecule has 2 rings (SSSR count). The molecule has 0 aromatic carbocycles. The van der Waals surface area contributed by atoms with E-state index in [1.165, 1.54) is 5.56 Å². The van der Waals surface area contributed by atoms with Crippen molar-refractivity contribution in [3.63, 3.8) is 0 Å². The average Bonchev–Trinajstić information content (AvgIpc) is 2.88. The molecule has 0 aliphatic heterocycles. The zero-order chi connectivity index (χ0) is 10.7. The van der Waals surface area contributed by atoms with Crippen molar-refractivity contribution in [2.24, 2.45) is 0 Å². The third kappa shape index (κ3) is 2.46. The van der Waals surface area contributed by atoms with E-state index in [1.807, 2.05) is 18.6 Å². The second-order valence-electron chi connectivity index (χ2n) is 3.55. The van der Waals surface area contributed by atoms with Crippen LogP contribution in [0.15, 0.2) is 30.0 Å². The van der Waals surface area contributed by atoms with Crippen LogP contribution in [0.1, 0.15) is 23.5 Å². The molecule has 0 fully saturated rings. The number of thiazole rings is 1. The van der Waals surface area contributed by atoms with Crippen LogP contribution in [-0.4, -0.2) is 16.6 Å². The topological polar surface area (TPSA) is 29.9 Å². The van der Waals surface area contributed by atoms with Crippen LogP contribution in [0.25, 0.3) is 0 Å². The normalized spacial score (nSPS) is 12.9. The molecule has 2 aromatic heterocycles. The molecule has 0 spiro atoms. The van der Waals surface area contributed by atoms with Crippen LogP contribution in [0.5, 0.6) is 0 Å². The molecule has 2 heterocycles. The largest absolute Gasteiger partial charge is 0.347 e. The van der Waals surface area contributed by atoms with Crippen molar-refractivity contribution in [1.29, 1.82) is 0 Å². The second kappa shape index (κ2) is 4.59. The van der Waals surface area contributed by atoms with Crippen molar-refractivity contribution in [3.05, 3.63) is 40.6 Å². The second-order valence-corrected chi connectivity index (χ2v) is 4.53. The van der Waals surface area contributed by atoms with Gasteiger partial charge in [-0.15, -0.1) is 11.3 Å². The van der Waals surface area contributed by atoms with Crippen molar-refractivity contribution >= 4 is 11.3 Å².